The number of piperidine rings is 1. The Hall–Kier alpha value is -1.94. The fourth-order valence-electron chi connectivity index (χ4n) is 3.30. The number of rotatable bonds is 6. The predicted octanol–water partition coefficient (Wildman–Crippen LogP) is 3.90. The molecule has 128 valence electrons. The Kier molecular flexibility index (Phi) is 5.81. The molecule has 4 nitrogen and oxygen atoms in total. The first kappa shape index (κ1) is 16.9. The van der Waals surface area contributed by atoms with Crippen molar-refractivity contribution >= 4 is 16.9 Å². The zero-order valence-corrected chi connectivity index (χ0v) is 14.4. The predicted molar refractivity (Wildman–Crippen MR) is 96.1 cm³/mol. The van der Waals surface area contributed by atoms with Gasteiger partial charge in [-0.2, -0.15) is 0 Å². The maximum Gasteiger partial charge on any atom is 0.340 e. The van der Waals surface area contributed by atoms with Crippen LogP contribution in [-0.4, -0.2) is 42.1 Å². The SMILES string of the molecule is CCCCN1CCC(COC(=O)c2cccc3cccnc23)CC1. The van der Waals surface area contributed by atoms with Crippen LogP contribution in [0.5, 0.6) is 0 Å². The van der Waals surface area contributed by atoms with Gasteiger partial charge in [-0.15, -0.1) is 0 Å². The van der Waals surface area contributed by atoms with E-state index in [-0.39, 0.29) is 5.97 Å². The molecular weight excluding hydrogens is 300 g/mol. The molecule has 0 saturated carbocycles. The minimum Gasteiger partial charge on any atom is -0.462 e. The average Bonchev–Trinajstić information content (AvgIpc) is 2.64. The molecule has 2 aromatic rings. The summed E-state index contributed by atoms with van der Waals surface area (Å²) in [5, 5.41) is 0.969. The molecule has 1 aliphatic rings. The van der Waals surface area contributed by atoms with Gasteiger partial charge < -0.3 is 9.64 Å². The monoisotopic (exact) mass is 326 g/mol. The Morgan fingerprint density at radius 1 is 1.25 bits per heavy atom. The first-order valence-corrected chi connectivity index (χ1v) is 9.01. The van der Waals surface area contributed by atoms with E-state index in [4.69, 9.17) is 4.74 Å². The summed E-state index contributed by atoms with van der Waals surface area (Å²) < 4.78 is 5.59. The summed E-state index contributed by atoms with van der Waals surface area (Å²) in [5.41, 5.74) is 1.29. The number of ether oxygens (including phenoxy) is 1. The molecule has 0 N–H and O–H groups in total. The van der Waals surface area contributed by atoms with Crippen molar-refractivity contribution in [1.29, 1.82) is 0 Å². The number of para-hydroxylation sites is 1. The van der Waals surface area contributed by atoms with E-state index in [9.17, 15) is 4.79 Å². The number of benzene rings is 1. The highest BCUT2D eigenvalue weighted by molar-refractivity contribution is 6.02. The van der Waals surface area contributed by atoms with Crippen molar-refractivity contribution in [1.82, 2.24) is 9.88 Å². The number of aromatic nitrogens is 1. The van der Waals surface area contributed by atoms with E-state index in [1.165, 1.54) is 19.4 Å². The number of nitrogens with zero attached hydrogens (tertiary/aromatic N) is 2. The van der Waals surface area contributed by atoms with Gasteiger partial charge in [0, 0.05) is 11.6 Å². The second kappa shape index (κ2) is 8.25. The Morgan fingerprint density at radius 3 is 2.83 bits per heavy atom. The zero-order chi connectivity index (χ0) is 16.8. The van der Waals surface area contributed by atoms with E-state index >= 15 is 0 Å². The highest BCUT2D eigenvalue weighted by Crippen LogP contribution is 2.20. The fourth-order valence-corrected chi connectivity index (χ4v) is 3.30. The third kappa shape index (κ3) is 4.12. The van der Waals surface area contributed by atoms with Gasteiger partial charge in [0.05, 0.1) is 17.7 Å². The smallest absolute Gasteiger partial charge is 0.340 e. The van der Waals surface area contributed by atoms with Crippen LogP contribution in [0.2, 0.25) is 0 Å². The minimum atomic E-state index is -0.257. The van der Waals surface area contributed by atoms with Gasteiger partial charge in [0.1, 0.15) is 0 Å². The average molecular weight is 326 g/mol. The van der Waals surface area contributed by atoms with Crippen LogP contribution in [0.4, 0.5) is 0 Å². The lowest BCUT2D eigenvalue weighted by Gasteiger charge is -2.31. The Balaban J connectivity index is 1.53. The summed E-state index contributed by atoms with van der Waals surface area (Å²) in [4.78, 5) is 19.3. The Bertz CT molecular complexity index is 673. The molecule has 1 aromatic carbocycles. The van der Waals surface area contributed by atoms with Gasteiger partial charge in [0.25, 0.3) is 0 Å². The molecule has 1 saturated heterocycles. The molecule has 0 spiro atoms. The van der Waals surface area contributed by atoms with Crippen molar-refractivity contribution < 1.29 is 9.53 Å². The van der Waals surface area contributed by atoms with Crippen molar-refractivity contribution in [2.24, 2.45) is 5.92 Å². The molecule has 0 radical (unpaired) electrons. The second-order valence-corrected chi connectivity index (χ2v) is 6.62. The molecule has 3 rings (SSSR count). The number of esters is 1. The van der Waals surface area contributed by atoms with Crippen molar-refractivity contribution in [3.05, 3.63) is 42.1 Å². The summed E-state index contributed by atoms with van der Waals surface area (Å²) in [6.45, 7) is 6.19. The van der Waals surface area contributed by atoms with Crippen LogP contribution in [0.15, 0.2) is 36.5 Å². The lowest BCUT2D eigenvalue weighted by molar-refractivity contribution is 0.0374. The van der Waals surface area contributed by atoms with E-state index < -0.39 is 0 Å². The van der Waals surface area contributed by atoms with Crippen LogP contribution in [0.1, 0.15) is 43.0 Å². The fraction of sp³-hybridized carbons (Fsp3) is 0.500. The van der Waals surface area contributed by atoms with E-state index in [0.29, 0.717) is 18.1 Å². The molecule has 0 atom stereocenters. The number of carbonyl (C=O) groups is 1. The largest absolute Gasteiger partial charge is 0.462 e. The van der Waals surface area contributed by atoms with E-state index in [1.807, 2.05) is 24.3 Å². The number of hydrogen-bond acceptors (Lipinski definition) is 4. The van der Waals surface area contributed by atoms with Gasteiger partial charge in [-0.25, -0.2) is 4.79 Å². The maximum atomic E-state index is 12.4. The third-order valence-corrected chi connectivity index (χ3v) is 4.84. The normalized spacial score (nSPS) is 16.4. The van der Waals surface area contributed by atoms with Gasteiger partial charge in [0.15, 0.2) is 0 Å². The minimum absolute atomic E-state index is 0.257. The lowest BCUT2D eigenvalue weighted by atomic mass is 9.97. The number of likely N-dealkylation sites (tertiary alicyclic amines) is 1. The van der Waals surface area contributed by atoms with Crippen LogP contribution in [0, 0.1) is 5.92 Å². The third-order valence-electron chi connectivity index (χ3n) is 4.84. The lowest BCUT2D eigenvalue weighted by Crippen LogP contribution is -2.36. The molecule has 0 unspecified atom stereocenters. The van der Waals surface area contributed by atoms with E-state index in [2.05, 4.69) is 16.8 Å². The summed E-state index contributed by atoms with van der Waals surface area (Å²) >= 11 is 0. The molecule has 1 aliphatic heterocycles. The van der Waals surface area contributed by atoms with Gasteiger partial charge >= 0.3 is 5.97 Å². The molecule has 24 heavy (non-hydrogen) atoms. The van der Waals surface area contributed by atoms with Crippen LogP contribution in [0.25, 0.3) is 10.9 Å². The number of hydrogen-bond donors (Lipinski definition) is 0. The number of pyridine rings is 1. The zero-order valence-electron chi connectivity index (χ0n) is 14.4. The van der Waals surface area contributed by atoms with Gasteiger partial charge in [-0.1, -0.05) is 31.5 Å². The van der Waals surface area contributed by atoms with E-state index in [1.54, 1.807) is 12.3 Å². The maximum absolute atomic E-state index is 12.4. The topological polar surface area (TPSA) is 42.4 Å². The molecule has 1 fully saturated rings. The summed E-state index contributed by atoms with van der Waals surface area (Å²) in [5.74, 6) is 0.225. The Morgan fingerprint density at radius 2 is 2.04 bits per heavy atom. The molecule has 2 heterocycles. The number of fused-ring (bicyclic) bond motifs is 1. The molecule has 1 aromatic heterocycles. The van der Waals surface area contributed by atoms with Crippen molar-refractivity contribution in [3.63, 3.8) is 0 Å². The molecular formula is C20H26N2O2. The quantitative estimate of drug-likeness (QED) is 0.755. The molecule has 4 heteroatoms. The summed E-state index contributed by atoms with van der Waals surface area (Å²) in [7, 11) is 0. The molecule has 0 aliphatic carbocycles. The standard InChI is InChI=1S/C20H26N2O2/c1-2-3-12-22-13-9-16(10-14-22)15-24-20(23)18-8-4-6-17-7-5-11-21-19(17)18/h4-8,11,16H,2-3,9-10,12-15H2,1H3. The number of carbonyl (C=O) groups excluding carboxylic acids is 1. The van der Waals surface area contributed by atoms with Crippen molar-refractivity contribution in [2.45, 2.75) is 32.6 Å². The van der Waals surface area contributed by atoms with Crippen molar-refractivity contribution in [2.75, 3.05) is 26.2 Å². The molecule has 0 amide bonds. The molecule has 0 bridgehead atoms. The highest BCUT2D eigenvalue weighted by Gasteiger charge is 2.21. The second-order valence-electron chi connectivity index (χ2n) is 6.62. The summed E-state index contributed by atoms with van der Waals surface area (Å²) in [6, 6.07) is 9.48. The Labute approximate surface area is 143 Å². The van der Waals surface area contributed by atoms with Crippen LogP contribution in [0.3, 0.4) is 0 Å². The summed E-state index contributed by atoms with van der Waals surface area (Å²) in [6.07, 6.45) is 6.46. The van der Waals surface area contributed by atoms with Crippen LogP contribution >= 0.6 is 0 Å². The van der Waals surface area contributed by atoms with Gasteiger partial charge in [0.2, 0.25) is 0 Å². The van der Waals surface area contributed by atoms with Crippen LogP contribution in [-0.2, 0) is 4.74 Å². The van der Waals surface area contributed by atoms with Crippen LogP contribution < -0.4 is 0 Å². The van der Waals surface area contributed by atoms with E-state index in [0.717, 1.165) is 36.8 Å². The number of unbranched alkanes of at least 4 members (excludes halogenated alkanes) is 1. The van der Waals surface area contributed by atoms with Gasteiger partial charge in [-0.3, -0.25) is 4.98 Å². The first-order valence-electron chi connectivity index (χ1n) is 9.01. The van der Waals surface area contributed by atoms with Gasteiger partial charge in [-0.05, 0) is 56.9 Å². The highest BCUT2D eigenvalue weighted by atomic mass is 16.5. The first-order chi connectivity index (χ1) is 11.8. The van der Waals surface area contributed by atoms with Crippen molar-refractivity contribution in [3.8, 4) is 0 Å².